The highest BCUT2D eigenvalue weighted by atomic mass is 127. The van der Waals surface area contributed by atoms with Crippen LogP contribution in [0.25, 0.3) is 10.1 Å². The van der Waals surface area contributed by atoms with Crippen LogP contribution in [0.4, 0.5) is 10.5 Å². The number of benzene rings is 2. The molecule has 1 saturated heterocycles. The van der Waals surface area contributed by atoms with Crippen molar-refractivity contribution in [3.05, 3.63) is 56.5 Å². The molecule has 0 N–H and O–H groups in total. The van der Waals surface area contributed by atoms with Gasteiger partial charge >= 0.3 is 6.09 Å². The molecule has 1 amide bonds. The van der Waals surface area contributed by atoms with Gasteiger partial charge in [0, 0.05) is 21.4 Å². The van der Waals surface area contributed by atoms with Gasteiger partial charge in [-0.25, -0.2) is 9.69 Å². The van der Waals surface area contributed by atoms with Crippen LogP contribution < -0.4 is 9.64 Å². The summed E-state index contributed by atoms with van der Waals surface area (Å²) in [6, 6.07) is 12.0. The molecular weight excluding hydrogens is 525 g/mol. The van der Waals surface area contributed by atoms with Crippen LogP contribution in [-0.4, -0.2) is 24.5 Å². The van der Waals surface area contributed by atoms with Crippen molar-refractivity contribution in [2.45, 2.75) is 52.6 Å². The van der Waals surface area contributed by atoms with E-state index in [0.29, 0.717) is 13.2 Å². The molecule has 1 aliphatic rings. The van der Waals surface area contributed by atoms with Crippen LogP contribution in [-0.2, 0) is 16.1 Å². The molecule has 164 valence electrons. The van der Waals surface area contributed by atoms with Crippen LogP contribution in [0, 0.1) is 10.5 Å². The summed E-state index contributed by atoms with van der Waals surface area (Å²) in [5, 5.41) is 3.24. The van der Waals surface area contributed by atoms with E-state index in [4.69, 9.17) is 14.2 Å². The molecule has 1 atom stereocenters. The van der Waals surface area contributed by atoms with Gasteiger partial charge in [-0.3, -0.25) is 0 Å². The quantitative estimate of drug-likeness (QED) is 0.325. The van der Waals surface area contributed by atoms with Crippen molar-refractivity contribution in [3.63, 3.8) is 0 Å². The molecule has 0 spiro atoms. The Labute approximate surface area is 200 Å². The lowest BCUT2D eigenvalue weighted by atomic mass is 10.1. The third kappa shape index (κ3) is 4.83. The lowest BCUT2D eigenvalue weighted by Crippen LogP contribution is -2.50. The minimum Gasteiger partial charge on any atom is -0.487 e. The van der Waals surface area contributed by atoms with Gasteiger partial charge in [0.2, 0.25) is 0 Å². The van der Waals surface area contributed by atoms with Gasteiger partial charge in [0.15, 0.2) is 0 Å². The van der Waals surface area contributed by atoms with Crippen molar-refractivity contribution in [2.24, 2.45) is 0 Å². The minimum absolute atomic E-state index is 0.332. The number of rotatable bonds is 5. The number of aryl methyl sites for hydroxylation is 1. The average molecular weight is 551 g/mol. The average Bonchev–Trinajstić information content (AvgIpc) is 3.06. The SMILES string of the molecule is Cc1csc2c(OCc3ccccc3)cc(N(C(=O)OC(C)(C)C)C3CCO3)c(I)c12. The molecule has 0 aliphatic carbocycles. The predicted molar refractivity (Wildman–Crippen MR) is 133 cm³/mol. The maximum atomic E-state index is 13.2. The number of hydrogen-bond acceptors (Lipinski definition) is 5. The highest BCUT2D eigenvalue weighted by Crippen LogP contribution is 2.44. The summed E-state index contributed by atoms with van der Waals surface area (Å²) in [7, 11) is 0. The van der Waals surface area contributed by atoms with Crippen molar-refractivity contribution in [1.82, 2.24) is 0 Å². The predicted octanol–water partition coefficient (Wildman–Crippen LogP) is 6.88. The molecule has 3 aromatic rings. The van der Waals surface area contributed by atoms with Crippen LogP contribution >= 0.6 is 33.9 Å². The second kappa shape index (κ2) is 8.96. The Kier molecular flexibility index (Phi) is 6.46. The first-order valence-electron chi connectivity index (χ1n) is 10.3. The van der Waals surface area contributed by atoms with E-state index < -0.39 is 11.7 Å². The van der Waals surface area contributed by atoms with Crippen LogP contribution in [0.2, 0.25) is 0 Å². The largest absolute Gasteiger partial charge is 0.487 e. The molecule has 5 nitrogen and oxygen atoms in total. The Balaban J connectivity index is 1.77. The molecule has 0 bridgehead atoms. The van der Waals surface area contributed by atoms with E-state index in [-0.39, 0.29) is 6.23 Å². The van der Waals surface area contributed by atoms with E-state index in [1.165, 1.54) is 0 Å². The first-order valence-corrected chi connectivity index (χ1v) is 12.2. The Hall–Kier alpha value is -1.84. The molecule has 0 saturated carbocycles. The Morgan fingerprint density at radius 1 is 1.29 bits per heavy atom. The molecule has 1 fully saturated rings. The number of thiophene rings is 1. The van der Waals surface area contributed by atoms with Gasteiger partial charge in [0.1, 0.15) is 24.2 Å². The Bertz CT molecular complexity index is 1090. The number of carbonyl (C=O) groups excluding carboxylic acids is 1. The zero-order valence-electron chi connectivity index (χ0n) is 18.1. The highest BCUT2D eigenvalue weighted by molar-refractivity contribution is 14.1. The summed E-state index contributed by atoms with van der Waals surface area (Å²) in [4.78, 5) is 14.8. The Morgan fingerprint density at radius 3 is 2.61 bits per heavy atom. The van der Waals surface area contributed by atoms with Gasteiger partial charge in [0.05, 0.1) is 17.0 Å². The molecule has 1 aliphatic heterocycles. The Morgan fingerprint density at radius 2 is 2.00 bits per heavy atom. The van der Waals surface area contributed by atoms with Crippen molar-refractivity contribution in [1.29, 1.82) is 0 Å². The fourth-order valence-corrected chi connectivity index (χ4v) is 5.73. The van der Waals surface area contributed by atoms with E-state index >= 15 is 0 Å². The topological polar surface area (TPSA) is 48.0 Å². The van der Waals surface area contributed by atoms with Crippen LogP contribution in [0.3, 0.4) is 0 Å². The van der Waals surface area contributed by atoms with Crippen molar-refractivity contribution in [3.8, 4) is 5.75 Å². The van der Waals surface area contributed by atoms with E-state index in [1.807, 2.05) is 57.2 Å². The first-order chi connectivity index (χ1) is 14.7. The van der Waals surface area contributed by atoms with Crippen LogP contribution in [0.1, 0.15) is 38.3 Å². The van der Waals surface area contributed by atoms with E-state index in [9.17, 15) is 4.79 Å². The molecule has 2 heterocycles. The zero-order chi connectivity index (χ0) is 22.2. The number of fused-ring (bicyclic) bond motifs is 1. The minimum atomic E-state index is -0.598. The van der Waals surface area contributed by atoms with E-state index in [1.54, 1.807) is 16.2 Å². The molecule has 1 unspecified atom stereocenters. The van der Waals surface area contributed by atoms with Gasteiger partial charge in [-0.05, 0) is 66.8 Å². The fourth-order valence-electron chi connectivity index (χ4n) is 3.41. The van der Waals surface area contributed by atoms with Crippen LogP contribution in [0.5, 0.6) is 5.75 Å². The monoisotopic (exact) mass is 551 g/mol. The number of ether oxygens (including phenoxy) is 3. The smallest absolute Gasteiger partial charge is 0.416 e. The number of anilines is 1. The highest BCUT2D eigenvalue weighted by Gasteiger charge is 2.36. The molecule has 31 heavy (non-hydrogen) atoms. The summed E-state index contributed by atoms with van der Waals surface area (Å²) in [6.45, 7) is 8.79. The number of halogens is 1. The van der Waals surface area contributed by atoms with Gasteiger partial charge in [-0.15, -0.1) is 11.3 Å². The summed E-state index contributed by atoms with van der Waals surface area (Å²) >= 11 is 3.98. The molecule has 0 radical (unpaired) electrons. The third-order valence-electron chi connectivity index (χ3n) is 4.96. The maximum absolute atomic E-state index is 13.2. The zero-order valence-corrected chi connectivity index (χ0v) is 21.1. The lowest BCUT2D eigenvalue weighted by Gasteiger charge is -2.38. The van der Waals surface area contributed by atoms with E-state index in [0.717, 1.165) is 42.6 Å². The first kappa shape index (κ1) is 22.4. The summed E-state index contributed by atoms with van der Waals surface area (Å²) in [6.07, 6.45) is 0.0361. The fraction of sp³-hybridized carbons (Fsp3) is 0.375. The van der Waals surface area contributed by atoms with Gasteiger partial charge in [-0.2, -0.15) is 0 Å². The molecular formula is C24H26INO4S. The van der Waals surface area contributed by atoms with Gasteiger partial charge in [0.25, 0.3) is 0 Å². The van der Waals surface area contributed by atoms with Crippen molar-refractivity contribution >= 4 is 55.8 Å². The molecule has 1 aromatic heterocycles. The summed E-state index contributed by atoms with van der Waals surface area (Å²) in [5.74, 6) is 0.764. The van der Waals surface area contributed by atoms with Crippen molar-refractivity contribution < 1.29 is 19.0 Å². The van der Waals surface area contributed by atoms with Crippen molar-refractivity contribution in [2.75, 3.05) is 11.5 Å². The third-order valence-corrected chi connectivity index (χ3v) is 7.17. The maximum Gasteiger partial charge on any atom is 0.416 e. The second-order valence-electron chi connectivity index (χ2n) is 8.57. The summed E-state index contributed by atoms with van der Waals surface area (Å²) in [5.41, 5.74) is 2.42. The van der Waals surface area contributed by atoms with E-state index in [2.05, 4.69) is 34.9 Å². The second-order valence-corrected chi connectivity index (χ2v) is 10.5. The molecule has 4 rings (SSSR count). The lowest BCUT2D eigenvalue weighted by molar-refractivity contribution is -0.0539. The number of carbonyl (C=O) groups is 1. The molecule has 2 aromatic carbocycles. The van der Waals surface area contributed by atoms with Gasteiger partial charge in [-0.1, -0.05) is 30.3 Å². The standard InChI is InChI=1S/C24H26INO4S/c1-15-14-31-22-18(29-13-16-8-6-5-7-9-16)12-17(21(25)20(15)22)26(19-10-11-28-19)23(27)30-24(2,3)4/h5-9,12,14,19H,10-11,13H2,1-4H3. The molecule has 7 heteroatoms. The number of nitrogens with zero attached hydrogens (tertiary/aromatic N) is 1. The number of hydrogen-bond donors (Lipinski definition) is 0. The van der Waals surface area contributed by atoms with Gasteiger partial charge < -0.3 is 14.2 Å². The summed E-state index contributed by atoms with van der Waals surface area (Å²) < 4.78 is 19.8. The normalized spacial score (nSPS) is 16.1. The number of amides is 1. The van der Waals surface area contributed by atoms with Crippen LogP contribution in [0.15, 0.2) is 41.8 Å².